The van der Waals surface area contributed by atoms with Gasteiger partial charge in [-0.2, -0.15) is 0 Å². The number of rotatable bonds is 5. The summed E-state index contributed by atoms with van der Waals surface area (Å²) in [7, 11) is 0. The Labute approximate surface area is 162 Å². The van der Waals surface area contributed by atoms with E-state index in [0.717, 1.165) is 10.7 Å². The Morgan fingerprint density at radius 3 is 2.63 bits per heavy atom. The number of thioether (sulfide) groups is 1. The smallest absolute Gasteiger partial charge is 0.221 e. The van der Waals surface area contributed by atoms with E-state index >= 15 is 0 Å². The van der Waals surface area contributed by atoms with Gasteiger partial charge in [0.25, 0.3) is 0 Å². The first-order chi connectivity index (χ1) is 12.8. The molecular weight excluding hydrogens is 369 g/mol. The van der Waals surface area contributed by atoms with Gasteiger partial charge in [-0.25, -0.2) is 4.39 Å². The van der Waals surface area contributed by atoms with Crippen LogP contribution in [0, 0.1) is 17.7 Å². The molecule has 0 radical (unpaired) electrons. The van der Waals surface area contributed by atoms with Crippen LogP contribution in [-0.4, -0.2) is 56.2 Å². The van der Waals surface area contributed by atoms with E-state index < -0.39 is 30.1 Å². The van der Waals surface area contributed by atoms with Crippen molar-refractivity contribution >= 4 is 22.8 Å². The summed E-state index contributed by atoms with van der Waals surface area (Å²) in [6.07, 6.45) is -1.89. The largest absolute Gasteiger partial charge is 0.390 e. The second-order valence-corrected chi connectivity index (χ2v) is 8.79. The lowest BCUT2D eigenvalue weighted by atomic mass is 9.80. The number of amidine groups is 1. The quantitative estimate of drug-likeness (QED) is 0.699. The van der Waals surface area contributed by atoms with Crippen LogP contribution < -0.4 is 5.73 Å². The van der Waals surface area contributed by atoms with Crippen molar-refractivity contribution in [2.24, 2.45) is 22.6 Å². The number of aliphatic hydroxyl groups excluding tert-OH is 2. The Morgan fingerprint density at radius 2 is 2.04 bits per heavy atom. The Bertz CT molecular complexity index is 713. The maximum Gasteiger partial charge on any atom is 0.221 e. The van der Waals surface area contributed by atoms with Crippen molar-refractivity contribution in [1.82, 2.24) is 4.90 Å². The number of nitrogens with zero attached hydrogens (tertiary/aromatic N) is 2. The molecule has 1 aromatic rings. The average molecular weight is 396 g/mol. The highest BCUT2D eigenvalue weighted by atomic mass is 32.2. The standard InChI is InChI=1S/C19H26FN3O3S/c1-10(2)8-22-19-23(9-11-3-5-12(20)6-4-11)15-16(25)14(24)7-13(18(21)26)17(15)27-19/h3-6,10,13-17,24-25H,7-9H2,1-2H3,(H2,21,26)/t13-,14+,15+,16-,17+/m0/s1. The summed E-state index contributed by atoms with van der Waals surface area (Å²) in [5, 5.41) is 21.4. The molecule has 1 aromatic carbocycles. The second kappa shape index (κ2) is 8.16. The van der Waals surface area contributed by atoms with Crippen LogP contribution in [0.1, 0.15) is 25.8 Å². The lowest BCUT2D eigenvalue weighted by Gasteiger charge is -2.41. The highest BCUT2D eigenvalue weighted by Crippen LogP contribution is 2.44. The molecule has 1 amide bonds. The topological polar surface area (TPSA) is 99.1 Å². The van der Waals surface area contributed by atoms with E-state index in [1.807, 2.05) is 4.90 Å². The molecule has 1 saturated heterocycles. The second-order valence-electron chi connectivity index (χ2n) is 7.65. The third-order valence-corrected chi connectivity index (χ3v) is 6.50. The van der Waals surface area contributed by atoms with Crippen LogP contribution in [0.5, 0.6) is 0 Å². The van der Waals surface area contributed by atoms with Crippen molar-refractivity contribution in [1.29, 1.82) is 0 Å². The van der Waals surface area contributed by atoms with Crippen LogP contribution >= 0.6 is 11.8 Å². The van der Waals surface area contributed by atoms with E-state index in [1.54, 1.807) is 12.1 Å². The van der Waals surface area contributed by atoms with Gasteiger partial charge in [-0.1, -0.05) is 37.7 Å². The summed E-state index contributed by atoms with van der Waals surface area (Å²) in [6, 6.07) is 5.67. The molecule has 2 fully saturated rings. The molecule has 6 nitrogen and oxygen atoms in total. The Morgan fingerprint density at radius 1 is 1.37 bits per heavy atom. The molecule has 0 aromatic heterocycles. The predicted octanol–water partition coefficient (Wildman–Crippen LogP) is 1.35. The fourth-order valence-electron chi connectivity index (χ4n) is 3.65. The SMILES string of the molecule is CC(C)CN=C1S[C@H]2[C@@H]([C@@H](O)[C@H](O)C[C@@H]2C(N)=O)N1Cc1ccc(F)cc1. The number of fused-ring (bicyclic) bond motifs is 1. The molecule has 2 aliphatic rings. The summed E-state index contributed by atoms with van der Waals surface area (Å²) in [5.74, 6) is -0.977. The monoisotopic (exact) mass is 395 g/mol. The van der Waals surface area contributed by atoms with Gasteiger partial charge in [0.15, 0.2) is 5.17 Å². The van der Waals surface area contributed by atoms with Crippen LogP contribution in [0.3, 0.4) is 0 Å². The van der Waals surface area contributed by atoms with E-state index in [4.69, 9.17) is 5.73 Å². The molecule has 1 aliphatic heterocycles. The molecule has 0 unspecified atom stereocenters. The van der Waals surface area contributed by atoms with E-state index in [0.29, 0.717) is 19.0 Å². The highest BCUT2D eigenvalue weighted by Gasteiger charge is 2.54. The van der Waals surface area contributed by atoms with E-state index in [2.05, 4.69) is 18.8 Å². The molecular formula is C19H26FN3O3S. The van der Waals surface area contributed by atoms with Crippen LogP contribution in [0.4, 0.5) is 4.39 Å². The molecule has 0 spiro atoms. The molecule has 148 valence electrons. The number of carbonyl (C=O) groups excluding carboxylic acids is 1. The number of aliphatic imine (C=N–C) groups is 1. The molecule has 4 N–H and O–H groups in total. The van der Waals surface area contributed by atoms with E-state index in [-0.39, 0.29) is 17.5 Å². The summed E-state index contributed by atoms with van der Waals surface area (Å²) >= 11 is 1.44. The minimum Gasteiger partial charge on any atom is -0.390 e. The van der Waals surface area contributed by atoms with Gasteiger partial charge in [-0.15, -0.1) is 0 Å². The fourth-order valence-corrected chi connectivity index (χ4v) is 5.22. The van der Waals surface area contributed by atoms with Gasteiger partial charge in [0.1, 0.15) is 11.9 Å². The summed E-state index contributed by atoms with van der Waals surface area (Å²) in [6.45, 7) is 5.14. The Kier molecular flexibility index (Phi) is 6.08. The number of hydrogen-bond acceptors (Lipinski definition) is 5. The van der Waals surface area contributed by atoms with Crippen molar-refractivity contribution in [3.05, 3.63) is 35.6 Å². The van der Waals surface area contributed by atoms with E-state index in [9.17, 15) is 19.4 Å². The van der Waals surface area contributed by atoms with Crippen LogP contribution in [0.2, 0.25) is 0 Å². The van der Waals surface area contributed by atoms with Crippen molar-refractivity contribution in [2.75, 3.05) is 6.54 Å². The first kappa shape index (κ1) is 20.1. The van der Waals surface area contributed by atoms with Crippen LogP contribution in [0.15, 0.2) is 29.3 Å². The van der Waals surface area contributed by atoms with Gasteiger partial charge in [0.05, 0.1) is 18.1 Å². The molecule has 1 aliphatic carbocycles. The number of carbonyl (C=O) groups is 1. The maximum atomic E-state index is 13.2. The zero-order valence-electron chi connectivity index (χ0n) is 15.5. The van der Waals surface area contributed by atoms with Crippen molar-refractivity contribution in [3.63, 3.8) is 0 Å². The van der Waals surface area contributed by atoms with Gasteiger partial charge in [0, 0.05) is 18.3 Å². The fraction of sp³-hybridized carbons (Fsp3) is 0.579. The summed E-state index contributed by atoms with van der Waals surface area (Å²) in [5.41, 5.74) is 6.43. The molecule has 3 rings (SSSR count). The van der Waals surface area contributed by atoms with Gasteiger partial charge < -0.3 is 20.8 Å². The molecule has 1 saturated carbocycles. The van der Waals surface area contributed by atoms with Gasteiger partial charge in [0.2, 0.25) is 5.91 Å². The summed E-state index contributed by atoms with van der Waals surface area (Å²) in [4.78, 5) is 18.5. The number of nitrogens with two attached hydrogens (primary N) is 1. The zero-order chi connectivity index (χ0) is 19.7. The van der Waals surface area contributed by atoms with Crippen LogP contribution in [-0.2, 0) is 11.3 Å². The number of hydrogen-bond donors (Lipinski definition) is 3. The third-order valence-electron chi connectivity index (χ3n) is 5.04. The number of aliphatic hydroxyl groups is 2. The number of primary amides is 1. The third kappa shape index (κ3) is 4.28. The van der Waals surface area contributed by atoms with Crippen LogP contribution in [0.25, 0.3) is 0 Å². The minimum absolute atomic E-state index is 0.145. The Balaban J connectivity index is 1.94. The van der Waals surface area contributed by atoms with Gasteiger partial charge in [-0.05, 0) is 30.0 Å². The number of amides is 1. The average Bonchev–Trinajstić information content (AvgIpc) is 2.96. The molecule has 8 heteroatoms. The van der Waals surface area contributed by atoms with Crippen molar-refractivity contribution in [2.45, 2.75) is 50.3 Å². The van der Waals surface area contributed by atoms with Crippen molar-refractivity contribution in [3.8, 4) is 0 Å². The minimum atomic E-state index is -1.02. The maximum absolute atomic E-state index is 13.2. The normalized spacial score (nSPS) is 32.1. The summed E-state index contributed by atoms with van der Waals surface area (Å²) < 4.78 is 13.2. The lowest BCUT2D eigenvalue weighted by molar-refractivity contribution is -0.128. The molecule has 1 heterocycles. The number of benzene rings is 1. The number of halogens is 1. The lowest BCUT2D eigenvalue weighted by Crippen LogP contribution is -2.58. The van der Waals surface area contributed by atoms with Gasteiger partial charge in [-0.3, -0.25) is 9.79 Å². The highest BCUT2D eigenvalue weighted by molar-refractivity contribution is 8.14. The zero-order valence-corrected chi connectivity index (χ0v) is 16.3. The first-order valence-corrected chi connectivity index (χ1v) is 10.0. The molecule has 27 heavy (non-hydrogen) atoms. The Hall–Kier alpha value is -1.64. The molecule has 5 atom stereocenters. The molecule has 0 bridgehead atoms. The predicted molar refractivity (Wildman–Crippen MR) is 104 cm³/mol. The van der Waals surface area contributed by atoms with E-state index in [1.165, 1.54) is 23.9 Å². The van der Waals surface area contributed by atoms with Crippen molar-refractivity contribution < 1.29 is 19.4 Å². The first-order valence-electron chi connectivity index (χ1n) is 9.15. The van der Waals surface area contributed by atoms with Gasteiger partial charge >= 0.3 is 0 Å².